The molecule has 0 spiro atoms. The summed E-state index contributed by atoms with van der Waals surface area (Å²) >= 11 is 0. The Balaban J connectivity index is 2.93. The lowest BCUT2D eigenvalue weighted by Crippen LogP contribution is -2.17. The fourth-order valence-electron chi connectivity index (χ4n) is 1.61. The van der Waals surface area contributed by atoms with E-state index < -0.39 is 9.84 Å². The number of benzene rings is 1. The van der Waals surface area contributed by atoms with Crippen molar-refractivity contribution in [2.24, 2.45) is 5.92 Å². The fraction of sp³-hybridized carbons (Fsp3) is 0.538. The highest BCUT2D eigenvalue weighted by Gasteiger charge is 2.17. The topological polar surface area (TPSA) is 66.4 Å². The molecule has 0 saturated heterocycles. The molecule has 18 heavy (non-hydrogen) atoms. The molecular formula is C13H21NO3S. The number of rotatable bonds is 7. The molecule has 0 aliphatic rings. The Labute approximate surface area is 109 Å². The van der Waals surface area contributed by atoms with Gasteiger partial charge in [-0.2, -0.15) is 0 Å². The number of aliphatic hydroxyl groups excluding tert-OH is 1. The maximum atomic E-state index is 12.1. The van der Waals surface area contributed by atoms with Crippen molar-refractivity contribution in [3.05, 3.63) is 24.3 Å². The van der Waals surface area contributed by atoms with Gasteiger partial charge in [0.25, 0.3) is 0 Å². The Hall–Kier alpha value is -1.07. The predicted octanol–water partition coefficient (Wildman–Crippen LogP) is 1.91. The van der Waals surface area contributed by atoms with Gasteiger partial charge in [-0.3, -0.25) is 0 Å². The molecule has 0 fully saturated rings. The van der Waals surface area contributed by atoms with Gasteiger partial charge in [0.05, 0.1) is 16.3 Å². The van der Waals surface area contributed by atoms with E-state index in [-0.39, 0.29) is 18.3 Å². The molecular weight excluding hydrogens is 250 g/mol. The SMILES string of the molecule is CCCS(=O)(=O)c1ccccc1NCC(C)CO. The summed E-state index contributed by atoms with van der Waals surface area (Å²) in [6.07, 6.45) is 0.601. The zero-order chi connectivity index (χ0) is 13.6. The van der Waals surface area contributed by atoms with E-state index in [0.717, 1.165) is 0 Å². The van der Waals surface area contributed by atoms with Crippen LogP contribution in [0.5, 0.6) is 0 Å². The number of hydrogen-bond acceptors (Lipinski definition) is 4. The molecule has 1 aromatic rings. The maximum absolute atomic E-state index is 12.1. The number of aliphatic hydroxyl groups is 1. The Morgan fingerprint density at radius 3 is 2.61 bits per heavy atom. The van der Waals surface area contributed by atoms with E-state index in [1.807, 2.05) is 13.8 Å². The van der Waals surface area contributed by atoms with Gasteiger partial charge in [0.2, 0.25) is 0 Å². The van der Waals surface area contributed by atoms with Gasteiger partial charge in [0.1, 0.15) is 0 Å². The van der Waals surface area contributed by atoms with Gasteiger partial charge in [-0.15, -0.1) is 0 Å². The highest BCUT2D eigenvalue weighted by molar-refractivity contribution is 7.91. The summed E-state index contributed by atoms with van der Waals surface area (Å²) in [5, 5.41) is 12.1. The quantitative estimate of drug-likeness (QED) is 0.795. The lowest BCUT2D eigenvalue weighted by atomic mass is 10.2. The molecule has 102 valence electrons. The molecule has 0 aliphatic carbocycles. The van der Waals surface area contributed by atoms with Gasteiger partial charge >= 0.3 is 0 Å². The molecule has 0 bridgehead atoms. The van der Waals surface area contributed by atoms with E-state index in [1.165, 1.54) is 0 Å². The summed E-state index contributed by atoms with van der Waals surface area (Å²) in [6.45, 7) is 4.38. The molecule has 0 radical (unpaired) electrons. The largest absolute Gasteiger partial charge is 0.396 e. The molecule has 1 rings (SSSR count). The third kappa shape index (κ3) is 3.99. The van der Waals surface area contributed by atoms with Gasteiger partial charge in [-0.25, -0.2) is 8.42 Å². The van der Waals surface area contributed by atoms with Crippen molar-refractivity contribution in [1.29, 1.82) is 0 Å². The zero-order valence-electron chi connectivity index (χ0n) is 10.9. The standard InChI is InChI=1S/C13H21NO3S/c1-3-8-18(16,17)13-7-5-4-6-12(13)14-9-11(2)10-15/h4-7,11,14-15H,3,8-10H2,1-2H3. The minimum Gasteiger partial charge on any atom is -0.396 e. The first kappa shape index (κ1) is 15.0. The number of nitrogens with one attached hydrogen (secondary N) is 1. The van der Waals surface area contributed by atoms with Crippen LogP contribution in [0.15, 0.2) is 29.2 Å². The van der Waals surface area contributed by atoms with Crippen LogP contribution >= 0.6 is 0 Å². The summed E-state index contributed by atoms with van der Waals surface area (Å²) in [6, 6.07) is 6.91. The van der Waals surface area contributed by atoms with E-state index in [0.29, 0.717) is 23.5 Å². The lowest BCUT2D eigenvalue weighted by Gasteiger charge is -2.14. The minimum absolute atomic E-state index is 0.0802. The molecule has 2 N–H and O–H groups in total. The summed E-state index contributed by atoms with van der Waals surface area (Å²) in [5.74, 6) is 0.244. The Kier molecular flexibility index (Phi) is 5.62. The molecule has 1 aromatic carbocycles. The van der Waals surface area contributed by atoms with Gasteiger partial charge in [-0.1, -0.05) is 26.0 Å². The van der Waals surface area contributed by atoms with E-state index >= 15 is 0 Å². The first-order valence-electron chi connectivity index (χ1n) is 6.17. The molecule has 1 atom stereocenters. The third-order valence-corrected chi connectivity index (χ3v) is 4.62. The average Bonchev–Trinajstić information content (AvgIpc) is 2.36. The van der Waals surface area contributed by atoms with Crippen LogP contribution in [-0.4, -0.2) is 32.4 Å². The smallest absolute Gasteiger partial charge is 0.180 e. The van der Waals surface area contributed by atoms with Crippen molar-refractivity contribution in [1.82, 2.24) is 0 Å². The second kappa shape index (κ2) is 6.75. The number of para-hydroxylation sites is 1. The average molecular weight is 271 g/mol. The molecule has 0 aromatic heterocycles. The van der Waals surface area contributed by atoms with Gasteiger partial charge < -0.3 is 10.4 Å². The summed E-state index contributed by atoms with van der Waals surface area (Å²) in [4.78, 5) is 0.344. The molecule has 0 saturated carbocycles. The Bertz CT molecular complexity index is 471. The summed E-state index contributed by atoms with van der Waals surface area (Å²) in [7, 11) is -3.22. The Morgan fingerprint density at radius 1 is 1.33 bits per heavy atom. The fourth-order valence-corrected chi connectivity index (χ4v) is 3.13. The van der Waals surface area contributed by atoms with Crippen LogP contribution in [0.3, 0.4) is 0 Å². The van der Waals surface area contributed by atoms with Crippen LogP contribution in [0, 0.1) is 5.92 Å². The van der Waals surface area contributed by atoms with Crippen molar-refractivity contribution < 1.29 is 13.5 Å². The van der Waals surface area contributed by atoms with Crippen LogP contribution in [-0.2, 0) is 9.84 Å². The second-order valence-electron chi connectivity index (χ2n) is 4.48. The van der Waals surface area contributed by atoms with Crippen LogP contribution < -0.4 is 5.32 Å². The number of anilines is 1. The van der Waals surface area contributed by atoms with Gasteiger partial charge in [0.15, 0.2) is 9.84 Å². The molecule has 5 heteroatoms. The van der Waals surface area contributed by atoms with Crippen LogP contribution in [0.25, 0.3) is 0 Å². The maximum Gasteiger partial charge on any atom is 0.180 e. The van der Waals surface area contributed by atoms with Gasteiger partial charge in [-0.05, 0) is 24.5 Å². The molecule has 1 unspecified atom stereocenters. The summed E-state index contributed by atoms with van der Waals surface area (Å²) < 4.78 is 24.2. The monoisotopic (exact) mass is 271 g/mol. The zero-order valence-corrected chi connectivity index (χ0v) is 11.7. The molecule has 4 nitrogen and oxygen atoms in total. The number of sulfone groups is 1. The van der Waals surface area contributed by atoms with E-state index in [2.05, 4.69) is 5.32 Å². The van der Waals surface area contributed by atoms with Crippen molar-refractivity contribution in [3.8, 4) is 0 Å². The van der Waals surface area contributed by atoms with Gasteiger partial charge in [0, 0.05) is 13.2 Å². The lowest BCUT2D eigenvalue weighted by molar-refractivity contribution is 0.244. The molecule has 0 amide bonds. The van der Waals surface area contributed by atoms with Crippen molar-refractivity contribution in [3.63, 3.8) is 0 Å². The number of hydrogen-bond donors (Lipinski definition) is 2. The summed E-state index contributed by atoms with van der Waals surface area (Å²) in [5.41, 5.74) is 0.617. The molecule has 0 aliphatic heterocycles. The first-order chi connectivity index (χ1) is 8.51. The van der Waals surface area contributed by atoms with Crippen LogP contribution in [0.1, 0.15) is 20.3 Å². The molecule has 0 heterocycles. The predicted molar refractivity (Wildman–Crippen MR) is 73.5 cm³/mol. The van der Waals surface area contributed by atoms with Crippen LogP contribution in [0.4, 0.5) is 5.69 Å². The van der Waals surface area contributed by atoms with E-state index in [9.17, 15) is 8.42 Å². The Morgan fingerprint density at radius 2 is 2.00 bits per heavy atom. The van der Waals surface area contributed by atoms with Crippen molar-refractivity contribution in [2.45, 2.75) is 25.2 Å². The second-order valence-corrected chi connectivity index (χ2v) is 6.56. The van der Waals surface area contributed by atoms with Crippen molar-refractivity contribution >= 4 is 15.5 Å². The highest BCUT2D eigenvalue weighted by atomic mass is 32.2. The third-order valence-electron chi connectivity index (χ3n) is 2.65. The normalized spacial score (nSPS) is 13.3. The van der Waals surface area contributed by atoms with E-state index in [1.54, 1.807) is 24.3 Å². The van der Waals surface area contributed by atoms with E-state index in [4.69, 9.17) is 5.11 Å². The minimum atomic E-state index is -3.22. The highest BCUT2D eigenvalue weighted by Crippen LogP contribution is 2.22. The van der Waals surface area contributed by atoms with Crippen LogP contribution in [0.2, 0.25) is 0 Å². The van der Waals surface area contributed by atoms with Crippen molar-refractivity contribution in [2.75, 3.05) is 24.2 Å². The first-order valence-corrected chi connectivity index (χ1v) is 7.83.